The monoisotopic (exact) mass is 294 g/mol. The van der Waals surface area contributed by atoms with E-state index in [0.717, 1.165) is 5.56 Å². The fourth-order valence-corrected chi connectivity index (χ4v) is 2.13. The molecule has 98 valence electrons. The van der Waals surface area contributed by atoms with E-state index in [1.165, 1.54) is 0 Å². The zero-order chi connectivity index (χ0) is 13.8. The molecule has 0 fully saturated rings. The highest BCUT2D eigenvalue weighted by atomic mass is 35.5. The highest BCUT2D eigenvalue weighted by Crippen LogP contribution is 2.17. The summed E-state index contributed by atoms with van der Waals surface area (Å²) in [6.07, 6.45) is 0. The highest BCUT2D eigenvalue weighted by molar-refractivity contribution is 6.31. The van der Waals surface area contributed by atoms with Gasteiger partial charge in [-0.1, -0.05) is 35.3 Å². The molecular weight excluding hydrogens is 283 g/mol. The third kappa shape index (κ3) is 3.88. The zero-order valence-electron chi connectivity index (χ0n) is 9.99. The molecule has 0 heterocycles. The van der Waals surface area contributed by atoms with E-state index in [9.17, 15) is 4.79 Å². The van der Waals surface area contributed by atoms with Crippen molar-refractivity contribution in [1.29, 1.82) is 0 Å². The molecule has 0 unspecified atom stereocenters. The van der Waals surface area contributed by atoms with Gasteiger partial charge < -0.3 is 11.1 Å². The van der Waals surface area contributed by atoms with Crippen LogP contribution >= 0.6 is 23.2 Å². The average Bonchev–Trinajstić information content (AvgIpc) is 2.35. The lowest BCUT2D eigenvalue weighted by Gasteiger charge is -2.07. The summed E-state index contributed by atoms with van der Waals surface area (Å²) in [6, 6.07) is 12.1. The molecule has 2 aromatic rings. The van der Waals surface area contributed by atoms with Crippen LogP contribution in [-0.2, 0) is 6.54 Å². The summed E-state index contributed by atoms with van der Waals surface area (Å²) in [5.41, 5.74) is 7.46. The number of halogens is 2. The minimum absolute atomic E-state index is 0.228. The van der Waals surface area contributed by atoms with Crippen molar-refractivity contribution < 1.29 is 4.79 Å². The van der Waals surface area contributed by atoms with Gasteiger partial charge in [0.05, 0.1) is 0 Å². The van der Waals surface area contributed by atoms with Crippen LogP contribution in [0.4, 0.5) is 5.69 Å². The molecule has 0 aliphatic carbocycles. The van der Waals surface area contributed by atoms with Crippen LogP contribution in [0.3, 0.4) is 0 Å². The number of nitrogen functional groups attached to an aromatic ring is 1. The number of nitrogens with one attached hydrogen (secondary N) is 1. The summed E-state index contributed by atoms with van der Waals surface area (Å²) in [5, 5.41) is 3.86. The van der Waals surface area contributed by atoms with Crippen LogP contribution in [-0.4, -0.2) is 5.91 Å². The topological polar surface area (TPSA) is 55.1 Å². The standard InChI is InChI=1S/C14H12Cl2N2O/c15-11-3-1-2-9(4-11)8-18-14(19)10-5-12(16)7-13(17)6-10/h1-7H,8,17H2,(H,18,19). The molecule has 0 spiro atoms. The molecule has 1 amide bonds. The molecule has 5 heteroatoms. The molecule has 2 aromatic carbocycles. The lowest BCUT2D eigenvalue weighted by atomic mass is 10.1. The van der Waals surface area contributed by atoms with Gasteiger partial charge in [-0.3, -0.25) is 4.79 Å². The number of hydrogen-bond acceptors (Lipinski definition) is 2. The number of benzene rings is 2. The van der Waals surface area contributed by atoms with Gasteiger partial charge in [-0.25, -0.2) is 0 Å². The third-order valence-corrected chi connectivity index (χ3v) is 2.98. The molecule has 3 N–H and O–H groups in total. The molecule has 0 aliphatic rings. The molecule has 19 heavy (non-hydrogen) atoms. The van der Waals surface area contributed by atoms with Crippen LogP contribution in [0.2, 0.25) is 10.0 Å². The first-order valence-corrected chi connectivity index (χ1v) is 6.39. The van der Waals surface area contributed by atoms with Crippen molar-refractivity contribution in [2.45, 2.75) is 6.54 Å². The highest BCUT2D eigenvalue weighted by Gasteiger charge is 2.07. The maximum atomic E-state index is 11.9. The number of carbonyl (C=O) groups excluding carboxylic acids is 1. The van der Waals surface area contributed by atoms with E-state index in [4.69, 9.17) is 28.9 Å². The molecule has 3 nitrogen and oxygen atoms in total. The molecule has 0 saturated carbocycles. The van der Waals surface area contributed by atoms with Crippen molar-refractivity contribution >= 4 is 34.8 Å². The number of rotatable bonds is 3. The van der Waals surface area contributed by atoms with Gasteiger partial charge in [0.15, 0.2) is 0 Å². The van der Waals surface area contributed by atoms with Crippen molar-refractivity contribution in [3.05, 3.63) is 63.6 Å². The number of carbonyl (C=O) groups is 1. The molecule has 0 atom stereocenters. The fraction of sp³-hybridized carbons (Fsp3) is 0.0714. The van der Waals surface area contributed by atoms with Gasteiger partial charge in [0, 0.05) is 27.8 Å². The summed E-state index contributed by atoms with van der Waals surface area (Å²) < 4.78 is 0. The van der Waals surface area contributed by atoms with Gasteiger partial charge in [-0.15, -0.1) is 0 Å². The van der Waals surface area contributed by atoms with Gasteiger partial charge in [0.1, 0.15) is 0 Å². The molecule has 2 rings (SSSR count). The Balaban J connectivity index is 2.05. The average molecular weight is 295 g/mol. The van der Waals surface area contributed by atoms with Gasteiger partial charge >= 0.3 is 0 Å². The summed E-state index contributed by atoms with van der Waals surface area (Å²) in [7, 11) is 0. The van der Waals surface area contributed by atoms with Crippen molar-refractivity contribution in [3.8, 4) is 0 Å². The minimum atomic E-state index is -0.228. The Morgan fingerprint density at radius 1 is 1.11 bits per heavy atom. The van der Waals surface area contributed by atoms with Crippen LogP contribution in [0.15, 0.2) is 42.5 Å². The second-order valence-electron chi connectivity index (χ2n) is 4.09. The molecule has 0 aromatic heterocycles. The Hall–Kier alpha value is -1.71. The normalized spacial score (nSPS) is 10.2. The minimum Gasteiger partial charge on any atom is -0.399 e. The second-order valence-corrected chi connectivity index (χ2v) is 4.96. The summed E-state index contributed by atoms with van der Waals surface area (Å²) in [6.45, 7) is 0.395. The van der Waals surface area contributed by atoms with Crippen LogP contribution in [0.25, 0.3) is 0 Å². The van der Waals surface area contributed by atoms with Crippen molar-refractivity contribution in [1.82, 2.24) is 5.32 Å². The van der Waals surface area contributed by atoms with Crippen molar-refractivity contribution in [2.75, 3.05) is 5.73 Å². The lowest BCUT2D eigenvalue weighted by molar-refractivity contribution is 0.0951. The predicted octanol–water partition coefficient (Wildman–Crippen LogP) is 3.51. The molecular formula is C14H12Cl2N2O. The largest absolute Gasteiger partial charge is 0.399 e. The SMILES string of the molecule is Nc1cc(Cl)cc(C(=O)NCc2cccc(Cl)c2)c1. The van der Waals surface area contributed by atoms with Crippen molar-refractivity contribution in [3.63, 3.8) is 0 Å². The van der Waals surface area contributed by atoms with Crippen LogP contribution in [0.5, 0.6) is 0 Å². The predicted molar refractivity (Wildman–Crippen MR) is 78.5 cm³/mol. The molecule has 0 saturated heterocycles. The number of hydrogen-bond donors (Lipinski definition) is 2. The Bertz CT molecular complexity index is 594. The van der Waals surface area contributed by atoms with Crippen molar-refractivity contribution in [2.24, 2.45) is 0 Å². The van der Waals surface area contributed by atoms with Crippen LogP contribution < -0.4 is 11.1 Å². The summed E-state index contributed by atoms with van der Waals surface area (Å²) in [5.74, 6) is -0.228. The Labute approximate surface area is 121 Å². The van der Waals surface area contributed by atoms with Crippen LogP contribution in [0.1, 0.15) is 15.9 Å². The van der Waals surface area contributed by atoms with E-state index in [2.05, 4.69) is 5.32 Å². The molecule has 0 radical (unpaired) electrons. The van der Waals surface area contributed by atoms with E-state index in [1.54, 1.807) is 30.3 Å². The van der Waals surface area contributed by atoms with Gasteiger partial charge in [-0.2, -0.15) is 0 Å². The first-order chi connectivity index (χ1) is 9.04. The Kier molecular flexibility index (Phi) is 4.30. The second kappa shape index (κ2) is 5.95. The molecule has 0 bridgehead atoms. The first-order valence-electron chi connectivity index (χ1n) is 5.63. The van der Waals surface area contributed by atoms with E-state index < -0.39 is 0 Å². The quantitative estimate of drug-likeness (QED) is 0.851. The maximum absolute atomic E-state index is 11.9. The maximum Gasteiger partial charge on any atom is 0.251 e. The van der Waals surface area contributed by atoms with Gasteiger partial charge in [0.25, 0.3) is 5.91 Å². The van der Waals surface area contributed by atoms with E-state index in [-0.39, 0.29) is 5.91 Å². The number of anilines is 1. The van der Waals surface area contributed by atoms with E-state index in [1.807, 2.05) is 12.1 Å². The van der Waals surface area contributed by atoms with Crippen LogP contribution in [0, 0.1) is 0 Å². The van der Waals surface area contributed by atoms with E-state index >= 15 is 0 Å². The Morgan fingerprint density at radius 2 is 1.89 bits per heavy atom. The summed E-state index contributed by atoms with van der Waals surface area (Å²) in [4.78, 5) is 11.9. The fourth-order valence-electron chi connectivity index (χ4n) is 1.67. The number of nitrogens with two attached hydrogens (primary N) is 1. The smallest absolute Gasteiger partial charge is 0.251 e. The summed E-state index contributed by atoms with van der Waals surface area (Å²) >= 11 is 11.7. The van der Waals surface area contributed by atoms with Gasteiger partial charge in [-0.05, 0) is 35.9 Å². The number of amides is 1. The Morgan fingerprint density at radius 3 is 2.58 bits per heavy atom. The first kappa shape index (κ1) is 13.7. The third-order valence-electron chi connectivity index (χ3n) is 2.52. The molecule has 0 aliphatic heterocycles. The van der Waals surface area contributed by atoms with E-state index in [0.29, 0.717) is 27.8 Å². The van der Waals surface area contributed by atoms with Gasteiger partial charge in [0.2, 0.25) is 0 Å². The zero-order valence-corrected chi connectivity index (χ0v) is 11.5. The lowest BCUT2D eigenvalue weighted by Crippen LogP contribution is -2.22.